The van der Waals surface area contributed by atoms with Gasteiger partial charge in [-0.25, -0.2) is 4.39 Å². The topological polar surface area (TPSA) is 20.2 Å². The van der Waals surface area contributed by atoms with Gasteiger partial charge in [-0.3, -0.25) is 0 Å². The van der Waals surface area contributed by atoms with Crippen LogP contribution in [0.15, 0.2) is 16.6 Å². The van der Waals surface area contributed by atoms with Gasteiger partial charge in [-0.15, -0.1) is 0 Å². The Morgan fingerprint density at radius 1 is 1.55 bits per heavy atom. The number of rotatable bonds is 1. The van der Waals surface area contributed by atoms with Gasteiger partial charge in [0.05, 0.1) is 4.47 Å². The zero-order valence-electron chi connectivity index (χ0n) is 6.06. The SMILES string of the molecule is CCc1cc(O)cc(F)c1Br. The number of hydrogen-bond acceptors (Lipinski definition) is 1. The second-order valence-electron chi connectivity index (χ2n) is 2.25. The van der Waals surface area contributed by atoms with Crippen LogP contribution in [0.2, 0.25) is 0 Å². The molecule has 3 heteroatoms. The second-order valence-corrected chi connectivity index (χ2v) is 3.05. The molecule has 0 aromatic heterocycles. The van der Waals surface area contributed by atoms with Gasteiger partial charge in [0.2, 0.25) is 0 Å². The Bertz CT molecular complexity index is 273. The first kappa shape index (κ1) is 8.53. The van der Waals surface area contributed by atoms with Crippen LogP contribution >= 0.6 is 15.9 Å². The van der Waals surface area contributed by atoms with E-state index in [0.717, 1.165) is 11.6 Å². The van der Waals surface area contributed by atoms with E-state index in [1.54, 1.807) is 6.07 Å². The third kappa shape index (κ3) is 1.71. The maximum Gasteiger partial charge on any atom is 0.141 e. The van der Waals surface area contributed by atoms with Crippen molar-refractivity contribution in [2.24, 2.45) is 0 Å². The van der Waals surface area contributed by atoms with Crippen molar-refractivity contribution in [3.8, 4) is 5.75 Å². The average molecular weight is 219 g/mol. The summed E-state index contributed by atoms with van der Waals surface area (Å²) in [5.41, 5.74) is 0.780. The van der Waals surface area contributed by atoms with E-state index in [2.05, 4.69) is 15.9 Å². The lowest BCUT2D eigenvalue weighted by atomic mass is 10.1. The van der Waals surface area contributed by atoms with E-state index in [-0.39, 0.29) is 5.75 Å². The Balaban J connectivity index is 3.24. The Morgan fingerprint density at radius 2 is 2.18 bits per heavy atom. The van der Waals surface area contributed by atoms with Crippen molar-refractivity contribution in [1.29, 1.82) is 0 Å². The molecule has 0 aliphatic rings. The Kier molecular flexibility index (Phi) is 2.49. The van der Waals surface area contributed by atoms with Crippen molar-refractivity contribution in [1.82, 2.24) is 0 Å². The second kappa shape index (κ2) is 3.22. The summed E-state index contributed by atoms with van der Waals surface area (Å²) in [4.78, 5) is 0. The summed E-state index contributed by atoms with van der Waals surface area (Å²) >= 11 is 3.09. The number of phenolic OH excluding ortho intramolecular Hbond substituents is 1. The fourth-order valence-corrected chi connectivity index (χ4v) is 1.40. The molecule has 1 N–H and O–H groups in total. The molecule has 0 spiro atoms. The molecule has 0 aliphatic carbocycles. The molecular weight excluding hydrogens is 211 g/mol. The fraction of sp³-hybridized carbons (Fsp3) is 0.250. The third-order valence-electron chi connectivity index (χ3n) is 1.47. The van der Waals surface area contributed by atoms with Crippen molar-refractivity contribution < 1.29 is 9.50 Å². The van der Waals surface area contributed by atoms with Crippen LogP contribution in [-0.2, 0) is 6.42 Å². The van der Waals surface area contributed by atoms with Crippen LogP contribution in [0, 0.1) is 5.82 Å². The van der Waals surface area contributed by atoms with Gasteiger partial charge in [0.1, 0.15) is 11.6 Å². The molecule has 0 atom stereocenters. The summed E-state index contributed by atoms with van der Waals surface area (Å²) in [7, 11) is 0. The molecular formula is C8H8BrFO. The molecule has 0 saturated carbocycles. The largest absolute Gasteiger partial charge is 0.508 e. The van der Waals surface area contributed by atoms with Crippen molar-refractivity contribution in [3.63, 3.8) is 0 Å². The van der Waals surface area contributed by atoms with Gasteiger partial charge >= 0.3 is 0 Å². The van der Waals surface area contributed by atoms with Crippen molar-refractivity contribution in [2.75, 3.05) is 0 Å². The van der Waals surface area contributed by atoms with Gasteiger partial charge in [0.25, 0.3) is 0 Å². The maximum absolute atomic E-state index is 12.8. The third-order valence-corrected chi connectivity index (χ3v) is 2.36. The number of halogens is 2. The Labute approximate surface area is 73.0 Å². The maximum atomic E-state index is 12.8. The first-order valence-electron chi connectivity index (χ1n) is 3.32. The summed E-state index contributed by atoms with van der Waals surface area (Å²) in [6.45, 7) is 1.90. The molecule has 60 valence electrons. The Morgan fingerprint density at radius 3 is 2.73 bits per heavy atom. The van der Waals surface area contributed by atoms with Gasteiger partial charge in [0.15, 0.2) is 0 Å². The molecule has 1 aromatic carbocycles. The minimum absolute atomic E-state index is 0.0254. The summed E-state index contributed by atoms with van der Waals surface area (Å²) in [5, 5.41) is 8.99. The van der Waals surface area contributed by atoms with Crippen LogP contribution in [0.5, 0.6) is 5.75 Å². The number of aryl methyl sites for hydroxylation is 1. The van der Waals surface area contributed by atoms with Crippen LogP contribution in [0.25, 0.3) is 0 Å². The predicted octanol–water partition coefficient (Wildman–Crippen LogP) is 2.86. The van der Waals surface area contributed by atoms with Gasteiger partial charge in [0, 0.05) is 6.07 Å². The average Bonchev–Trinajstić information content (AvgIpc) is 1.96. The van der Waals surface area contributed by atoms with Gasteiger partial charge in [-0.2, -0.15) is 0 Å². The molecule has 0 aliphatic heterocycles. The van der Waals surface area contributed by atoms with E-state index in [9.17, 15) is 4.39 Å². The smallest absolute Gasteiger partial charge is 0.141 e. The monoisotopic (exact) mass is 218 g/mol. The van der Waals surface area contributed by atoms with E-state index in [4.69, 9.17) is 5.11 Å². The van der Waals surface area contributed by atoms with Gasteiger partial charge in [-0.05, 0) is 34.0 Å². The highest BCUT2D eigenvalue weighted by molar-refractivity contribution is 9.10. The van der Waals surface area contributed by atoms with Crippen LogP contribution < -0.4 is 0 Å². The normalized spacial score (nSPS) is 10.1. The Hall–Kier alpha value is -0.570. The van der Waals surface area contributed by atoms with Crippen molar-refractivity contribution >= 4 is 15.9 Å². The van der Waals surface area contributed by atoms with Crippen molar-refractivity contribution in [3.05, 3.63) is 28.0 Å². The standard InChI is InChI=1S/C8H8BrFO/c1-2-5-3-6(11)4-7(10)8(5)9/h3-4,11H,2H2,1H3. The van der Waals surface area contributed by atoms with E-state index in [1.165, 1.54) is 0 Å². The molecule has 0 amide bonds. The first-order valence-corrected chi connectivity index (χ1v) is 4.11. The molecule has 1 nitrogen and oxygen atoms in total. The van der Waals surface area contributed by atoms with E-state index < -0.39 is 5.82 Å². The molecule has 1 rings (SSSR count). The zero-order chi connectivity index (χ0) is 8.43. The molecule has 1 aromatic rings. The number of phenols is 1. The van der Waals surface area contributed by atoms with Gasteiger partial charge in [-0.1, -0.05) is 6.92 Å². The number of hydrogen-bond donors (Lipinski definition) is 1. The molecule has 0 heterocycles. The molecule has 0 saturated heterocycles. The van der Waals surface area contributed by atoms with Crippen molar-refractivity contribution in [2.45, 2.75) is 13.3 Å². The zero-order valence-corrected chi connectivity index (χ0v) is 7.65. The number of benzene rings is 1. The quantitative estimate of drug-likeness (QED) is 0.769. The highest BCUT2D eigenvalue weighted by atomic mass is 79.9. The fourth-order valence-electron chi connectivity index (χ4n) is 0.887. The van der Waals surface area contributed by atoms with Crippen LogP contribution in [0.3, 0.4) is 0 Å². The van der Waals surface area contributed by atoms with E-state index in [0.29, 0.717) is 10.9 Å². The predicted molar refractivity (Wildman–Crippen MR) is 45.1 cm³/mol. The first-order chi connectivity index (χ1) is 5.15. The van der Waals surface area contributed by atoms with E-state index in [1.807, 2.05) is 6.92 Å². The molecule has 0 bridgehead atoms. The molecule has 0 unspecified atom stereocenters. The van der Waals surface area contributed by atoms with E-state index >= 15 is 0 Å². The highest BCUT2D eigenvalue weighted by Crippen LogP contribution is 2.25. The van der Waals surface area contributed by atoms with Crippen LogP contribution in [0.4, 0.5) is 4.39 Å². The summed E-state index contributed by atoms with van der Waals surface area (Å²) in [5.74, 6) is -0.440. The summed E-state index contributed by atoms with van der Waals surface area (Å²) < 4.78 is 13.3. The molecule has 0 radical (unpaired) electrons. The lowest BCUT2D eigenvalue weighted by Crippen LogP contribution is -1.86. The minimum atomic E-state index is -0.415. The van der Waals surface area contributed by atoms with Crippen LogP contribution in [0.1, 0.15) is 12.5 Å². The molecule has 11 heavy (non-hydrogen) atoms. The highest BCUT2D eigenvalue weighted by Gasteiger charge is 2.05. The van der Waals surface area contributed by atoms with Crippen LogP contribution in [-0.4, -0.2) is 5.11 Å². The summed E-state index contributed by atoms with van der Waals surface area (Å²) in [6.07, 6.45) is 0.700. The summed E-state index contributed by atoms with van der Waals surface area (Å²) in [6, 6.07) is 2.64. The molecule has 0 fully saturated rings. The lowest BCUT2D eigenvalue weighted by Gasteiger charge is -2.02. The lowest BCUT2D eigenvalue weighted by molar-refractivity contribution is 0.467. The number of aromatic hydroxyl groups is 1. The minimum Gasteiger partial charge on any atom is -0.508 e. The van der Waals surface area contributed by atoms with Gasteiger partial charge < -0.3 is 5.11 Å².